The van der Waals surface area contributed by atoms with Crippen LogP contribution in [0.3, 0.4) is 0 Å². The predicted octanol–water partition coefficient (Wildman–Crippen LogP) is 4.89. The highest BCUT2D eigenvalue weighted by Crippen LogP contribution is 2.30. The van der Waals surface area contributed by atoms with Gasteiger partial charge >= 0.3 is 0 Å². The summed E-state index contributed by atoms with van der Waals surface area (Å²) in [4.78, 5) is 28.1. The van der Waals surface area contributed by atoms with Crippen LogP contribution in [0.1, 0.15) is 61.3 Å². The van der Waals surface area contributed by atoms with Gasteiger partial charge in [0.25, 0.3) is 5.91 Å². The summed E-state index contributed by atoms with van der Waals surface area (Å²) in [6.07, 6.45) is 2.33. The van der Waals surface area contributed by atoms with Gasteiger partial charge in [-0.25, -0.2) is 0 Å². The van der Waals surface area contributed by atoms with E-state index in [1.807, 2.05) is 40.6 Å². The number of thiophene rings is 1. The molecule has 2 heterocycles. The van der Waals surface area contributed by atoms with Gasteiger partial charge in [-0.3, -0.25) is 9.59 Å². The molecule has 0 bridgehead atoms. The van der Waals surface area contributed by atoms with Gasteiger partial charge in [0.05, 0.1) is 10.9 Å². The first kappa shape index (κ1) is 20.6. The first-order valence-electron chi connectivity index (χ1n) is 10.0. The molecule has 1 unspecified atom stereocenters. The molecule has 1 atom stereocenters. The summed E-state index contributed by atoms with van der Waals surface area (Å²) in [5.41, 5.74) is 1.26. The average Bonchev–Trinajstić information content (AvgIpc) is 3.21. The van der Waals surface area contributed by atoms with E-state index < -0.39 is 0 Å². The van der Waals surface area contributed by atoms with Crippen LogP contribution >= 0.6 is 11.3 Å². The quantitative estimate of drug-likeness (QED) is 0.779. The highest BCUT2D eigenvalue weighted by molar-refractivity contribution is 7.12. The van der Waals surface area contributed by atoms with Crippen molar-refractivity contribution < 1.29 is 9.59 Å². The topological polar surface area (TPSA) is 49.4 Å². The molecule has 1 N–H and O–H groups in total. The summed E-state index contributed by atoms with van der Waals surface area (Å²) < 4.78 is 0. The number of likely N-dealkylation sites (tertiary alicyclic amines) is 1. The Morgan fingerprint density at radius 1 is 1.11 bits per heavy atom. The molecular formula is C23H30N2O2S. The van der Waals surface area contributed by atoms with E-state index in [0.717, 1.165) is 29.7 Å². The molecule has 150 valence electrons. The molecule has 2 aromatic rings. The number of nitrogens with one attached hydrogen (secondary N) is 1. The van der Waals surface area contributed by atoms with Gasteiger partial charge in [-0.2, -0.15) is 0 Å². The molecule has 0 spiro atoms. The minimum atomic E-state index is -0.0291. The van der Waals surface area contributed by atoms with Crippen molar-refractivity contribution in [3.05, 3.63) is 58.3 Å². The van der Waals surface area contributed by atoms with Gasteiger partial charge in [0.15, 0.2) is 0 Å². The van der Waals surface area contributed by atoms with E-state index >= 15 is 0 Å². The van der Waals surface area contributed by atoms with Crippen LogP contribution in [-0.2, 0) is 4.79 Å². The summed E-state index contributed by atoms with van der Waals surface area (Å²) in [7, 11) is 0. The molecule has 4 nitrogen and oxygen atoms in total. The van der Waals surface area contributed by atoms with Crippen LogP contribution in [0.2, 0.25) is 0 Å². The summed E-state index contributed by atoms with van der Waals surface area (Å²) in [6, 6.07) is 14.0. The third-order valence-electron chi connectivity index (χ3n) is 5.22. The van der Waals surface area contributed by atoms with Gasteiger partial charge in [0, 0.05) is 19.0 Å². The van der Waals surface area contributed by atoms with E-state index in [0.29, 0.717) is 13.1 Å². The van der Waals surface area contributed by atoms with Gasteiger partial charge in [0.2, 0.25) is 5.91 Å². The Bertz CT molecular complexity index is 773. The second kappa shape index (κ2) is 8.91. The van der Waals surface area contributed by atoms with Crippen molar-refractivity contribution in [1.82, 2.24) is 10.2 Å². The summed E-state index contributed by atoms with van der Waals surface area (Å²) in [6.45, 7) is 7.88. The Morgan fingerprint density at radius 3 is 2.36 bits per heavy atom. The lowest BCUT2D eigenvalue weighted by Crippen LogP contribution is -2.44. The van der Waals surface area contributed by atoms with Crippen LogP contribution in [0.4, 0.5) is 0 Å². The van der Waals surface area contributed by atoms with E-state index in [9.17, 15) is 9.59 Å². The van der Waals surface area contributed by atoms with Gasteiger partial charge in [0.1, 0.15) is 0 Å². The lowest BCUT2D eigenvalue weighted by Gasteiger charge is -2.33. The second-order valence-corrected chi connectivity index (χ2v) is 9.73. The highest BCUT2D eigenvalue weighted by Gasteiger charge is 2.30. The molecule has 1 aromatic heterocycles. The summed E-state index contributed by atoms with van der Waals surface area (Å²) in [5, 5.41) is 5.21. The first-order chi connectivity index (χ1) is 13.3. The normalized spacial score (nSPS) is 16.6. The highest BCUT2D eigenvalue weighted by atomic mass is 32.1. The fraction of sp³-hybridized carbons (Fsp3) is 0.478. The Labute approximate surface area is 172 Å². The number of hydrogen-bond donors (Lipinski definition) is 1. The van der Waals surface area contributed by atoms with E-state index in [1.54, 1.807) is 0 Å². The fourth-order valence-electron chi connectivity index (χ4n) is 3.74. The largest absolute Gasteiger partial charge is 0.349 e. The average molecular weight is 399 g/mol. The van der Waals surface area contributed by atoms with Crippen molar-refractivity contribution in [2.24, 2.45) is 11.3 Å². The molecule has 0 radical (unpaired) electrons. The van der Waals surface area contributed by atoms with Crippen LogP contribution in [0.5, 0.6) is 0 Å². The maximum absolute atomic E-state index is 13.0. The van der Waals surface area contributed by atoms with Crippen molar-refractivity contribution in [2.45, 2.75) is 46.1 Å². The number of carbonyl (C=O) groups excluding carboxylic acids is 2. The Kier molecular flexibility index (Phi) is 6.55. The van der Waals surface area contributed by atoms with E-state index in [1.165, 1.54) is 11.3 Å². The van der Waals surface area contributed by atoms with Crippen molar-refractivity contribution in [3.8, 4) is 0 Å². The zero-order chi connectivity index (χ0) is 20.1. The Morgan fingerprint density at radius 2 is 1.79 bits per heavy atom. The maximum atomic E-state index is 13.0. The first-order valence-corrected chi connectivity index (χ1v) is 10.9. The lowest BCUT2D eigenvalue weighted by molar-refractivity contribution is -0.127. The van der Waals surface area contributed by atoms with Gasteiger partial charge in [-0.1, -0.05) is 57.2 Å². The molecule has 2 amide bonds. The van der Waals surface area contributed by atoms with Crippen LogP contribution < -0.4 is 5.32 Å². The number of amides is 2. The van der Waals surface area contributed by atoms with E-state index in [-0.39, 0.29) is 29.2 Å². The van der Waals surface area contributed by atoms with E-state index in [4.69, 9.17) is 0 Å². The molecule has 0 saturated carbocycles. The number of piperidine rings is 1. The van der Waals surface area contributed by atoms with Crippen LogP contribution in [0, 0.1) is 11.3 Å². The number of carbonyl (C=O) groups is 2. The minimum Gasteiger partial charge on any atom is -0.349 e. The number of nitrogens with zero attached hydrogens (tertiary/aromatic N) is 1. The molecule has 5 heteroatoms. The second-order valence-electron chi connectivity index (χ2n) is 8.78. The standard InChI is InChI=1S/C23H30N2O2S/c1-23(2,3)16-19(17-8-5-4-6-9-17)24-21(26)18-11-13-25(14-12-18)22(27)20-10-7-15-28-20/h4-10,15,18-19H,11-14,16H2,1-3H3,(H,24,26). The summed E-state index contributed by atoms with van der Waals surface area (Å²) in [5.74, 6) is 0.170. The van der Waals surface area contributed by atoms with E-state index in [2.05, 4.69) is 38.2 Å². The zero-order valence-electron chi connectivity index (χ0n) is 17.0. The van der Waals surface area contributed by atoms with Crippen LogP contribution in [0.15, 0.2) is 47.8 Å². The molecule has 0 aliphatic carbocycles. The van der Waals surface area contributed by atoms with Crippen LogP contribution in [0.25, 0.3) is 0 Å². The number of hydrogen-bond acceptors (Lipinski definition) is 3. The molecule has 1 fully saturated rings. The fourth-order valence-corrected chi connectivity index (χ4v) is 4.43. The molecule has 1 aromatic carbocycles. The third kappa shape index (κ3) is 5.44. The SMILES string of the molecule is CC(C)(C)CC(NC(=O)C1CCN(C(=O)c2cccs2)CC1)c1ccccc1. The minimum absolute atomic E-state index is 0.0134. The number of benzene rings is 1. The maximum Gasteiger partial charge on any atom is 0.263 e. The smallest absolute Gasteiger partial charge is 0.263 e. The molecule has 28 heavy (non-hydrogen) atoms. The monoisotopic (exact) mass is 398 g/mol. The van der Waals surface area contributed by atoms with Gasteiger partial charge < -0.3 is 10.2 Å². The van der Waals surface area contributed by atoms with Crippen molar-refractivity contribution >= 4 is 23.2 Å². The van der Waals surface area contributed by atoms with Crippen LogP contribution in [-0.4, -0.2) is 29.8 Å². The van der Waals surface area contributed by atoms with Crippen molar-refractivity contribution in [1.29, 1.82) is 0 Å². The zero-order valence-corrected chi connectivity index (χ0v) is 17.8. The van der Waals surface area contributed by atoms with Gasteiger partial charge in [-0.15, -0.1) is 11.3 Å². The van der Waals surface area contributed by atoms with Crippen molar-refractivity contribution in [3.63, 3.8) is 0 Å². The molecule has 1 aliphatic heterocycles. The molecule has 1 saturated heterocycles. The third-order valence-corrected chi connectivity index (χ3v) is 6.08. The molecule has 1 aliphatic rings. The molecular weight excluding hydrogens is 368 g/mol. The lowest BCUT2D eigenvalue weighted by atomic mass is 9.85. The predicted molar refractivity (Wildman–Crippen MR) is 114 cm³/mol. The van der Waals surface area contributed by atoms with Gasteiger partial charge in [-0.05, 0) is 41.7 Å². The summed E-state index contributed by atoms with van der Waals surface area (Å²) >= 11 is 1.47. The van der Waals surface area contributed by atoms with Crippen molar-refractivity contribution in [2.75, 3.05) is 13.1 Å². The molecule has 3 rings (SSSR count). The Balaban J connectivity index is 1.59. The Hall–Kier alpha value is -2.14. The number of rotatable bonds is 5.